The molecule has 2 heterocycles. The van der Waals surface area contributed by atoms with Crippen LogP contribution < -0.4 is 5.32 Å². The van der Waals surface area contributed by atoms with E-state index in [2.05, 4.69) is 5.32 Å². The Morgan fingerprint density at radius 1 is 1.77 bits per heavy atom. The molecule has 2 atom stereocenters. The number of carbonyl (C=O) groups is 1. The quantitative estimate of drug-likeness (QED) is 0.433. The molecule has 0 radical (unpaired) electrons. The highest BCUT2D eigenvalue weighted by Crippen LogP contribution is 2.54. The fraction of sp³-hybridized carbons (Fsp3) is 0.500. The van der Waals surface area contributed by atoms with Gasteiger partial charge in [-0.15, -0.1) is 0 Å². The Bertz CT molecular complexity index is 356. The van der Waals surface area contributed by atoms with E-state index in [0.29, 0.717) is 0 Å². The second-order valence-corrected chi connectivity index (χ2v) is 3.68. The zero-order valence-electron chi connectivity index (χ0n) is 7.46. The van der Waals surface area contributed by atoms with Crippen molar-refractivity contribution in [2.45, 2.75) is 25.0 Å². The van der Waals surface area contributed by atoms with Gasteiger partial charge in [-0.05, 0) is 13.3 Å². The SMILES string of the molecule is C/C=C1\C(=O)C=C2NCC[C@H]3O[C@]213. The Morgan fingerprint density at radius 2 is 2.62 bits per heavy atom. The molecule has 1 spiro atoms. The Balaban J connectivity index is 2.12. The minimum Gasteiger partial charge on any atom is -0.385 e. The van der Waals surface area contributed by atoms with E-state index < -0.39 is 0 Å². The molecule has 3 heteroatoms. The maximum Gasteiger partial charge on any atom is 0.186 e. The maximum atomic E-state index is 11.5. The van der Waals surface area contributed by atoms with Gasteiger partial charge in [-0.25, -0.2) is 0 Å². The first-order chi connectivity index (χ1) is 6.29. The average molecular weight is 177 g/mol. The van der Waals surface area contributed by atoms with E-state index in [1.54, 1.807) is 6.08 Å². The zero-order chi connectivity index (χ0) is 9.05. The van der Waals surface area contributed by atoms with Crippen LogP contribution in [0.4, 0.5) is 0 Å². The summed E-state index contributed by atoms with van der Waals surface area (Å²) in [6.45, 7) is 2.81. The molecule has 0 unspecified atom stereocenters. The first kappa shape index (κ1) is 7.33. The summed E-state index contributed by atoms with van der Waals surface area (Å²) in [4.78, 5) is 11.5. The normalized spacial score (nSPS) is 43.8. The summed E-state index contributed by atoms with van der Waals surface area (Å²) in [7, 11) is 0. The lowest BCUT2D eigenvalue weighted by atomic mass is 9.92. The molecule has 1 aliphatic carbocycles. The van der Waals surface area contributed by atoms with Crippen LogP contribution in [-0.4, -0.2) is 24.0 Å². The van der Waals surface area contributed by atoms with Gasteiger partial charge in [0.25, 0.3) is 0 Å². The molecule has 0 bridgehead atoms. The van der Waals surface area contributed by atoms with E-state index in [4.69, 9.17) is 4.74 Å². The Morgan fingerprint density at radius 3 is 3.38 bits per heavy atom. The van der Waals surface area contributed by atoms with Gasteiger partial charge >= 0.3 is 0 Å². The van der Waals surface area contributed by atoms with Crippen molar-refractivity contribution in [3.63, 3.8) is 0 Å². The molecule has 2 aliphatic heterocycles. The lowest BCUT2D eigenvalue weighted by Gasteiger charge is -2.18. The van der Waals surface area contributed by atoms with Gasteiger partial charge in [-0.1, -0.05) is 6.08 Å². The molecule has 0 aromatic rings. The molecular weight excluding hydrogens is 166 g/mol. The highest BCUT2D eigenvalue weighted by atomic mass is 16.6. The molecule has 2 saturated heterocycles. The van der Waals surface area contributed by atoms with Crippen LogP contribution in [0.1, 0.15) is 13.3 Å². The van der Waals surface area contributed by atoms with Gasteiger partial charge in [-0.2, -0.15) is 0 Å². The third-order valence-corrected chi connectivity index (χ3v) is 3.08. The molecule has 2 fully saturated rings. The predicted octanol–water partition coefficient (Wildman–Crippen LogP) is 0.530. The number of carbonyl (C=O) groups excluding carboxylic acids is 1. The number of rotatable bonds is 0. The topological polar surface area (TPSA) is 41.6 Å². The smallest absolute Gasteiger partial charge is 0.186 e. The highest BCUT2D eigenvalue weighted by molar-refractivity contribution is 6.11. The zero-order valence-corrected chi connectivity index (χ0v) is 7.46. The number of hydrogen-bond donors (Lipinski definition) is 1. The van der Waals surface area contributed by atoms with Gasteiger partial charge in [0.1, 0.15) is 6.10 Å². The number of allylic oxidation sites excluding steroid dienone is 2. The van der Waals surface area contributed by atoms with E-state index in [1.807, 2.05) is 13.0 Å². The summed E-state index contributed by atoms with van der Waals surface area (Å²) >= 11 is 0. The van der Waals surface area contributed by atoms with Gasteiger partial charge < -0.3 is 10.1 Å². The van der Waals surface area contributed by atoms with Crippen LogP contribution in [0.2, 0.25) is 0 Å². The lowest BCUT2D eigenvalue weighted by molar-refractivity contribution is -0.111. The van der Waals surface area contributed by atoms with Crippen molar-refractivity contribution in [1.29, 1.82) is 0 Å². The van der Waals surface area contributed by atoms with Gasteiger partial charge in [-0.3, -0.25) is 4.79 Å². The number of epoxide rings is 1. The van der Waals surface area contributed by atoms with E-state index in [-0.39, 0.29) is 17.5 Å². The molecular formula is C10H11NO2. The maximum absolute atomic E-state index is 11.5. The van der Waals surface area contributed by atoms with Crippen LogP contribution >= 0.6 is 0 Å². The average Bonchev–Trinajstić information content (AvgIpc) is 2.75. The van der Waals surface area contributed by atoms with Crippen molar-refractivity contribution in [2.24, 2.45) is 0 Å². The number of piperidine rings is 1. The molecule has 0 saturated carbocycles. The first-order valence-electron chi connectivity index (χ1n) is 4.64. The fourth-order valence-corrected chi connectivity index (χ4v) is 2.45. The van der Waals surface area contributed by atoms with E-state index in [9.17, 15) is 4.79 Å². The Hall–Kier alpha value is -1.09. The lowest BCUT2D eigenvalue weighted by Crippen LogP contribution is -2.34. The number of hydrogen-bond acceptors (Lipinski definition) is 3. The van der Waals surface area contributed by atoms with Crippen molar-refractivity contribution in [2.75, 3.05) is 6.54 Å². The molecule has 3 nitrogen and oxygen atoms in total. The second-order valence-electron chi connectivity index (χ2n) is 3.68. The van der Waals surface area contributed by atoms with E-state index >= 15 is 0 Å². The molecule has 13 heavy (non-hydrogen) atoms. The predicted molar refractivity (Wildman–Crippen MR) is 47.1 cm³/mol. The van der Waals surface area contributed by atoms with Crippen molar-refractivity contribution in [1.82, 2.24) is 5.32 Å². The Labute approximate surface area is 76.5 Å². The van der Waals surface area contributed by atoms with Crippen LogP contribution in [0.5, 0.6) is 0 Å². The Kier molecular flexibility index (Phi) is 1.15. The van der Waals surface area contributed by atoms with Gasteiger partial charge in [0.05, 0.1) is 5.70 Å². The van der Waals surface area contributed by atoms with Crippen LogP contribution in [0.25, 0.3) is 0 Å². The highest BCUT2D eigenvalue weighted by Gasteiger charge is 2.66. The summed E-state index contributed by atoms with van der Waals surface area (Å²) in [6.07, 6.45) is 4.80. The first-order valence-corrected chi connectivity index (χ1v) is 4.64. The summed E-state index contributed by atoms with van der Waals surface area (Å²) in [5.41, 5.74) is 1.45. The summed E-state index contributed by atoms with van der Waals surface area (Å²) in [5.74, 6) is 0.106. The molecule has 0 aromatic heterocycles. The monoisotopic (exact) mass is 177 g/mol. The van der Waals surface area contributed by atoms with Crippen molar-refractivity contribution in [3.05, 3.63) is 23.4 Å². The molecule has 1 N–H and O–H groups in total. The van der Waals surface area contributed by atoms with Crippen LogP contribution in [-0.2, 0) is 9.53 Å². The fourth-order valence-electron chi connectivity index (χ4n) is 2.45. The molecule has 68 valence electrons. The summed E-state index contributed by atoms with van der Waals surface area (Å²) < 4.78 is 5.64. The van der Waals surface area contributed by atoms with Gasteiger partial charge in [0, 0.05) is 18.2 Å². The van der Waals surface area contributed by atoms with E-state index in [1.165, 1.54) is 0 Å². The molecule has 0 amide bonds. The second kappa shape index (κ2) is 2.04. The molecule has 0 aromatic carbocycles. The van der Waals surface area contributed by atoms with Crippen molar-refractivity contribution >= 4 is 5.78 Å². The standard InChI is InChI=1S/C10H11NO2/c1-2-6-7(12)5-8-10(6)9(13-10)3-4-11-8/h2,5,9,11H,3-4H2,1H3/b6-2+/t9-,10+/m1/s1. The third-order valence-electron chi connectivity index (χ3n) is 3.08. The van der Waals surface area contributed by atoms with Crippen molar-refractivity contribution < 1.29 is 9.53 Å². The summed E-state index contributed by atoms with van der Waals surface area (Å²) in [6, 6.07) is 0. The number of ketones is 1. The number of ether oxygens (including phenoxy) is 1. The van der Waals surface area contributed by atoms with Gasteiger partial charge in [0.2, 0.25) is 0 Å². The van der Waals surface area contributed by atoms with Gasteiger partial charge in [0.15, 0.2) is 11.4 Å². The van der Waals surface area contributed by atoms with E-state index in [0.717, 1.165) is 24.2 Å². The minimum atomic E-state index is -0.343. The van der Waals surface area contributed by atoms with Crippen LogP contribution in [0.3, 0.4) is 0 Å². The minimum absolute atomic E-state index is 0.106. The number of nitrogens with one attached hydrogen (secondary N) is 1. The largest absolute Gasteiger partial charge is 0.385 e. The third kappa shape index (κ3) is 0.672. The molecule has 3 aliphatic rings. The molecule has 3 rings (SSSR count). The summed E-state index contributed by atoms with van der Waals surface area (Å²) in [5, 5.41) is 3.23. The van der Waals surface area contributed by atoms with Crippen molar-refractivity contribution in [3.8, 4) is 0 Å². The van der Waals surface area contributed by atoms with Crippen LogP contribution in [0, 0.1) is 0 Å². The van der Waals surface area contributed by atoms with Crippen LogP contribution in [0.15, 0.2) is 23.4 Å².